The molecule has 2 rings (SSSR count). The van der Waals surface area contributed by atoms with E-state index in [1.165, 1.54) is 16.2 Å². The van der Waals surface area contributed by atoms with Crippen molar-refractivity contribution in [3.8, 4) is 0 Å². The maximum atomic E-state index is 3.61. The molecule has 78 valence electrons. The fraction of sp³-hybridized carbons (Fsp3) is 0.667. The van der Waals surface area contributed by atoms with Crippen LogP contribution in [0.4, 0.5) is 0 Å². The molecule has 0 saturated carbocycles. The van der Waals surface area contributed by atoms with E-state index in [2.05, 4.69) is 39.1 Å². The summed E-state index contributed by atoms with van der Waals surface area (Å²) < 4.78 is 0. The minimum Gasteiger partial charge on any atom is -0.311 e. The Morgan fingerprint density at radius 2 is 2.07 bits per heavy atom. The molecule has 3 unspecified atom stereocenters. The molecular weight excluding hydrogens is 190 g/mol. The third-order valence-electron chi connectivity index (χ3n) is 3.24. The lowest BCUT2D eigenvalue weighted by atomic mass is 9.92. The van der Waals surface area contributed by atoms with E-state index in [9.17, 15) is 0 Å². The van der Waals surface area contributed by atoms with Crippen LogP contribution < -0.4 is 5.32 Å². The van der Waals surface area contributed by atoms with Gasteiger partial charge < -0.3 is 5.32 Å². The molecule has 1 aliphatic heterocycles. The molecule has 1 fully saturated rings. The molecule has 3 atom stereocenters. The molecule has 1 aromatic heterocycles. The van der Waals surface area contributed by atoms with Crippen molar-refractivity contribution in [1.82, 2.24) is 5.32 Å². The standard InChI is InChI=1S/C12H19NS/c1-7-5-11(9(3)13-7)12-6-8(2)14-10(12)4/h6-7,9,11,13H,5H2,1-4H3. The Morgan fingerprint density at radius 3 is 2.50 bits per heavy atom. The van der Waals surface area contributed by atoms with Gasteiger partial charge in [0.05, 0.1) is 0 Å². The molecule has 1 saturated heterocycles. The second kappa shape index (κ2) is 3.67. The van der Waals surface area contributed by atoms with Gasteiger partial charge in [0.15, 0.2) is 0 Å². The highest BCUT2D eigenvalue weighted by Gasteiger charge is 2.30. The summed E-state index contributed by atoms with van der Waals surface area (Å²) in [6.45, 7) is 9.05. The highest BCUT2D eigenvalue weighted by molar-refractivity contribution is 7.12. The van der Waals surface area contributed by atoms with Crippen LogP contribution in [0.25, 0.3) is 0 Å². The molecular formula is C12H19NS. The van der Waals surface area contributed by atoms with Crippen molar-refractivity contribution in [3.05, 3.63) is 21.4 Å². The lowest BCUT2D eigenvalue weighted by Crippen LogP contribution is -2.26. The quantitative estimate of drug-likeness (QED) is 0.749. The van der Waals surface area contributed by atoms with Crippen LogP contribution in [0.3, 0.4) is 0 Å². The van der Waals surface area contributed by atoms with Crippen molar-refractivity contribution in [3.63, 3.8) is 0 Å². The first kappa shape index (κ1) is 10.2. The Kier molecular flexibility index (Phi) is 2.67. The largest absolute Gasteiger partial charge is 0.311 e. The maximum Gasteiger partial charge on any atom is 0.0111 e. The molecule has 0 amide bonds. The minimum atomic E-state index is 0.637. The van der Waals surface area contributed by atoms with Crippen molar-refractivity contribution < 1.29 is 0 Å². The van der Waals surface area contributed by atoms with Gasteiger partial charge in [0, 0.05) is 27.8 Å². The van der Waals surface area contributed by atoms with E-state index in [4.69, 9.17) is 0 Å². The van der Waals surface area contributed by atoms with Crippen LogP contribution in [0.1, 0.15) is 41.5 Å². The molecule has 14 heavy (non-hydrogen) atoms. The second-order valence-corrected chi connectivity index (χ2v) is 6.03. The first-order valence-corrected chi connectivity index (χ1v) is 6.22. The first-order valence-electron chi connectivity index (χ1n) is 5.41. The van der Waals surface area contributed by atoms with Crippen LogP contribution in [0.15, 0.2) is 6.07 Å². The molecule has 0 aliphatic carbocycles. The number of hydrogen-bond acceptors (Lipinski definition) is 2. The number of rotatable bonds is 1. The summed E-state index contributed by atoms with van der Waals surface area (Å²) in [5, 5.41) is 3.61. The van der Waals surface area contributed by atoms with Crippen molar-refractivity contribution in [2.24, 2.45) is 0 Å². The predicted molar refractivity (Wildman–Crippen MR) is 63.2 cm³/mol. The van der Waals surface area contributed by atoms with E-state index in [-0.39, 0.29) is 0 Å². The van der Waals surface area contributed by atoms with Crippen LogP contribution in [0, 0.1) is 13.8 Å². The number of aryl methyl sites for hydroxylation is 2. The van der Waals surface area contributed by atoms with Crippen LogP contribution in [0.5, 0.6) is 0 Å². The van der Waals surface area contributed by atoms with E-state index < -0.39 is 0 Å². The molecule has 0 bridgehead atoms. The average molecular weight is 209 g/mol. The molecule has 1 aliphatic rings. The lowest BCUT2D eigenvalue weighted by molar-refractivity contribution is 0.574. The summed E-state index contributed by atoms with van der Waals surface area (Å²) in [5.41, 5.74) is 1.58. The van der Waals surface area contributed by atoms with Gasteiger partial charge in [-0.3, -0.25) is 0 Å². The summed E-state index contributed by atoms with van der Waals surface area (Å²) in [4.78, 5) is 2.96. The third-order valence-corrected chi connectivity index (χ3v) is 4.22. The van der Waals surface area contributed by atoms with Gasteiger partial charge in [-0.15, -0.1) is 11.3 Å². The van der Waals surface area contributed by atoms with Gasteiger partial charge in [-0.25, -0.2) is 0 Å². The molecule has 2 heterocycles. The van der Waals surface area contributed by atoms with Crippen molar-refractivity contribution in [1.29, 1.82) is 0 Å². The first-order chi connectivity index (χ1) is 6.58. The minimum absolute atomic E-state index is 0.637. The van der Waals surface area contributed by atoms with Crippen molar-refractivity contribution in [2.45, 2.75) is 52.1 Å². The molecule has 2 heteroatoms. The number of thiophene rings is 1. The van der Waals surface area contributed by atoms with Gasteiger partial charge in [-0.05, 0) is 45.7 Å². The lowest BCUT2D eigenvalue weighted by Gasteiger charge is -2.14. The predicted octanol–water partition coefficient (Wildman–Crippen LogP) is 3.22. The highest BCUT2D eigenvalue weighted by Crippen LogP contribution is 2.36. The Labute approximate surface area is 90.5 Å². The monoisotopic (exact) mass is 209 g/mol. The van der Waals surface area contributed by atoms with E-state index in [0.29, 0.717) is 12.1 Å². The molecule has 0 radical (unpaired) electrons. The summed E-state index contributed by atoms with van der Waals surface area (Å²) in [5.74, 6) is 0.731. The van der Waals surface area contributed by atoms with Gasteiger partial charge in [-0.1, -0.05) is 0 Å². The topological polar surface area (TPSA) is 12.0 Å². The summed E-state index contributed by atoms with van der Waals surface area (Å²) in [6.07, 6.45) is 1.29. The van der Waals surface area contributed by atoms with Crippen LogP contribution >= 0.6 is 11.3 Å². The Bertz CT molecular complexity index is 329. The fourth-order valence-corrected chi connectivity index (χ4v) is 3.63. The Morgan fingerprint density at radius 1 is 1.36 bits per heavy atom. The van der Waals surface area contributed by atoms with Crippen LogP contribution in [0.2, 0.25) is 0 Å². The Balaban J connectivity index is 2.26. The number of nitrogens with one attached hydrogen (secondary N) is 1. The average Bonchev–Trinajstić information content (AvgIpc) is 2.55. The maximum absolute atomic E-state index is 3.61. The van der Waals surface area contributed by atoms with E-state index in [0.717, 1.165) is 5.92 Å². The zero-order chi connectivity index (χ0) is 10.3. The zero-order valence-corrected chi connectivity index (χ0v) is 10.2. The van der Waals surface area contributed by atoms with Crippen molar-refractivity contribution in [2.75, 3.05) is 0 Å². The van der Waals surface area contributed by atoms with Gasteiger partial charge in [0.2, 0.25) is 0 Å². The van der Waals surface area contributed by atoms with Crippen molar-refractivity contribution >= 4 is 11.3 Å². The van der Waals surface area contributed by atoms with Gasteiger partial charge in [-0.2, -0.15) is 0 Å². The van der Waals surface area contributed by atoms with Gasteiger partial charge in [0.1, 0.15) is 0 Å². The second-order valence-electron chi connectivity index (χ2n) is 4.57. The summed E-state index contributed by atoms with van der Waals surface area (Å²) in [7, 11) is 0. The number of hydrogen-bond donors (Lipinski definition) is 1. The molecule has 1 N–H and O–H groups in total. The molecule has 1 aromatic rings. The molecule has 0 aromatic carbocycles. The molecule has 1 nitrogen and oxygen atoms in total. The smallest absolute Gasteiger partial charge is 0.0111 e. The summed E-state index contributed by atoms with van der Waals surface area (Å²) in [6, 6.07) is 3.69. The normalized spacial score (nSPS) is 32.4. The van der Waals surface area contributed by atoms with Gasteiger partial charge >= 0.3 is 0 Å². The summed E-state index contributed by atoms with van der Waals surface area (Å²) >= 11 is 1.93. The SMILES string of the molecule is Cc1cc(C2CC(C)NC2C)c(C)s1. The van der Waals surface area contributed by atoms with Crippen LogP contribution in [-0.4, -0.2) is 12.1 Å². The van der Waals surface area contributed by atoms with E-state index in [1.54, 1.807) is 5.56 Å². The van der Waals surface area contributed by atoms with Crippen LogP contribution in [-0.2, 0) is 0 Å². The Hall–Kier alpha value is -0.340. The molecule has 0 spiro atoms. The zero-order valence-electron chi connectivity index (χ0n) is 9.42. The third kappa shape index (κ3) is 1.73. The van der Waals surface area contributed by atoms with E-state index >= 15 is 0 Å². The van der Waals surface area contributed by atoms with Gasteiger partial charge in [0.25, 0.3) is 0 Å². The van der Waals surface area contributed by atoms with E-state index in [1.807, 2.05) is 11.3 Å². The fourth-order valence-electron chi connectivity index (χ4n) is 2.63. The highest BCUT2D eigenvalue weighted by atomic mass is 32.1.